The summed E-state index contributed by atoms with van der Waals surface area (Å²) < 4.78 is 0. The van der Waals surface area contributed by atoms with Gasteiger partial charge in [0.2, 0.25) is 5.39 Å². The molecule has 0 saturated carbocycles. The van der Waals surface area contributed by atoms with E-state index in [4.69, 9.17) is 24.8 Å². The van der Waals surface area contributed by atoms with E-state index < -0.39 is 15.1 Å². The Hall–Kier alpha value is -0.0666. The van der Waals surface area contributed by atoms with Gasteiger partial charge in [0.1, 0.15) is 0 Å². The normalized spacial score (nSPS) is 8.00. The van der Waals surface area contributed by atoms with Gasteiger partial charge < -0.3 is 4.90 Å². The van der Waals surface area contributed by atoms with E-state index in [9.17, 15) is 0 Å². The van der Waals surface area contributed by atoms with Crippen molar-refractivity contribution in [2.45, 2.75) is 20.8 Å². The summed E-state index contributed by atoms with van der Waals surface area (Å²) in [6, 6.07) is 5.86. The topological polar surface area (TPSA) is 31.4 Å². The number of hydrogen-bond donors (Lipinski definition) is 0. The fraction of sp³-hybridized carbons (Fsp3) is 0.455. The number of anilines is 1. The van der Waals surface area contributed by atoms with Crippen molar-refractivity contribution >= 4 is 43.2 Å². The Bertz CT molecular complexity index is 378. The van der Waals surface area contributed by atoms with Crippen molar-refractivity contribution in [2.24, 2.45) is 0 Å². The van der Waals surface area contributed by atoms with Crippen LogP contribution in [0.3, 0.4) is 0 Å². The minimum atomic E-state index is -0.931. The van der Waals surface area contributed by atoms with E-state index >= 15 is 0 Å². The van der Waals surface area contributed by atoms with E-state index in [2.05, 4.69) is 23.7 Å². The van der Waals surface area contributed by atoms with Crippen LogP contribution < -0.4 is 4.90 Å². The number of hydrogen-bond acceptors (Lipinski definition) is 2. The van der Waals surface area contributed by atoms with E-state index in [0.29, 0.717) is 5.69 Å². The molecule has 3 nitrogen and oxygen atoms in total. The Morgan fingerprint density at radius 2 is 1.78 bits per heavy atom. The first kappa shape index (κ1) is 20.3. The third-order valence-electron chi connectivity index (χ3n) is 2.42. The third-order valence-corrected chi connectivity index (χ3v) is 2.42. The summed E-state index contributed by atoms with van der Waals surface area (Å²) in [5, 5.41) is 8.67. The van der Waals surface area contributed by atoms with Gasteiger partial charge in [0.25, 0.3) is 0 Å². The average molecular weight is 363 g/mol. The Kier molecular flexibility index (Phi) is 13.5. The Morgan fingerprint density at radius 1 is 1.28 bits per heavy atom. The summed E-state index contributed by atoms with van der Waals surface area (Å²) >= 11 is -0.931. The van der Waals surface area contributed by atoms with E-state index in [-0.39, 0.29) is 12.4 Å². The maximum absolute atomic E-state index is 8.67. The molecule has 0 heterocycles. The molecule has 0 N–H and O–H groups in total. The average Bonchev–Trinajstić information content (AvgIpc) is 2.32. The van der Waals surface area contributed by atoms with Crippen molar-refractivity contribution in [3.63, 3.8) is 0 Å². The first-order valence-corrected chi connectivity index (χ1v) is 13.3. The van der Waals surface area contributed by atoms with Crippen LogP contribution in [0.4, 0.5) is 11.4 Å². The molecule has 1 aromatic rings. The van der Waals surface area contributed by atoms with Crippen LogP contribution in [0.2, 0.25) is 0 Å². The predicted octanol–water partition coefficient (Wildman–Crippen LogP) is 5.12. The number of benzene rings is 1. The van der Waals surface area contributed by atoms with Gasteiger partial charge in [-0.1, -0.05) is 0 Å². The van der Waals surface area contributed by atoms with Crippen LogP contribution in [0, 0.1) is 12.3 Å². The molecule has 0 spiro atoms. The molecule has 0 aliphatic heterocycles. The molecule has 7 heteroatoms. The first-order chi connectivity index (χ1) is 8.14. The van der Waals surface area contributed by atoms with Crippen molar-refractivity contribution in [1.29, 1.82) is 5.39 Å². The molecule has 1 aromatic carbocycles. The molecule has 1 rings (SSSR count). The second-order valence-corrected chi connectivity index (χ2v) is 7.97. The number of nitrogens with zero attached hydrogens (tertiary/aromatic N) is 3. The number of rotatable bonds is 3. The van der Waals surface area contributed by atoms with Crippen LogP contribution in [0.25, 0.3) is 4.98 Å². The molecule has 0 saturated heterocycles. The van der Waals surface area contributed by atoms with Gasteiger partial charge in [0.05, 0.1) is 0 Å². The maximum atomic E-state index is 8.67. The first-order valence-electron chi connectivity index (χ1n) is 5.47. The molecule has 18 heavy (non-hydrogen) atoms. The third kappa shape index (κ3) is 6.76. The number of aryl methyl sites for hydroxylation is 1. The molecule has 0 bridgehead atoms. The van der Waals surface area contributed by atoms with Crippen LogP contribution in [0.15, 0.2) is 18.2 Å². The molecule has 0 aliphatic carbocycles. The second kappa shape index (κ2) is 12.0. The summed E-state index contributed by atoms with van der Waals surface area (Å²) in [5.74, 6) is 0. The van der Waals surface area contributed by atoms with Gasteiger partial charge in [0.15, 0.2) is 4.98 Å². The fourth-order valence-electron chi connectivity index (χ4n) is 1.54. The summed E-state index contributed by atoms with van der Waals surface area (Å²) in [6.07, 6.45) is 0. The molecule has 0 aromatic heterocycles. The summed E-state index contributed by atoms with van der Waals surface area (Å²) in [7, 11) is 9.90. The quantitative estimate of drug-likeness (QED) is 0.551. The van der Waals surface area contributed by atoms with Crippen LogP contribution in [0.1, 0.15) is 19.4 Å². The number of diazo groups is 1. The van der Waals surface area contributed by atoms with Crippen molar-refractivity contribution in [1.82, 2.24) is 0 Å². The molecule has 0 amide bonds. The molecular formula is C11H17Cl3N3Zn+. The van der Waals surface area contributed by atoms with Gasteiger partial charge in [-0.05, 0) is 32.9 Å². The molecular weight excluding hydrogens is 346 g/mol. The fourth-order valence-corrected chi connectivity index (χ4v) is 1.54. The molecule has 98 valence electrons. The molecule has 0 fully saturated rings. The molecule has 0 radical (unpaired) electrons. The van der Waals surface area contributed by atoms with Gasteiger partial charge in [-0.25, -0.2) is 0 Å². The van der Waals surface area contributed by atoms with Crippen molar-refractivity contribution in [3.05, 3.63) is 28.7 Å². The van der Waals surface area contributed by atoms with Crippen LogP contribution in [0.5, 0.6) is 0 Å². The standard InChI is InChI=1S/C11H16N3.3ClH.Zn/c1-4-14(5-2)10-6-7-11(13-12)9(3)8-10;;;;/h6-8H,4-5H2,1-3H3;3*1H;/q+1;;;;+2/p-2. The number of halogens is 3. The Labute approximate surface area is 131 Å². The summed E-state index contributed by atoms with van der Waals surface area (Å²) in [5.41, 5.74) is 2.82. The Balaban J connectivity index is 0. The minimum absolute atomic E-state index is 0. The van der Waals surface area contributed by atoms with E-state index in [1.165, 1.54) is 5.69 Å². The summed E-state index contributed by atoms with van der Waals surface area (Å²) in [4.78, 5) is 5.46. The molecule has 0 unspecified atom stereocenters. The van der Waals surface area contributed by atoms with Crippen LogP contribution in [-0.2, 0) is 15.1 Å². The second-order valence-electron chi connectivity index (χ2n) is 3.34. The van der Waals surface area contributed by atoms with Gasteiger partial charge in [-0.2, -0.15) is 0 Å². The van der Waals surface area contributed by atoms with Gasteiger partial charge >= 0.3 is 40.2 Å². The zero-order chi connectivity index (χ0) is 13.3. The van der Waals surface area contributed by atoms with Crippen molar-refractivity contribution < 1.29 is 15.1 Å². The zero-order valence-corrected chi connectivity index (χ0v) is 16.2. The van der Waals surface area contributed by atoms with Gasteiger partial charge in [-0.3, -0.25) is 0 Å². The molecule has 0 atom stereocenters. The van der Waals surface area contributed by atoms with Gasteiger partial charge in [-0.15, -0.1) is 12.4 Å². The van der Waals surface area contributed by atoms with E-state index in [0.717, 1.165) is 18.7 Å². The van der Waals surface area contributed by atoms with E-state index in [1.54, 1.807) is 0 Å². The summed E-state index contributed by atoms with van der Waals surface area (Å²) in [6.45, 7) is 8.19. The monoisotopic (exact) mass is 360 g/mol. The SMILES string of the molecule is CCN(CC)c1ccc([N+]#N)c(C)c1.Cl.[Cl][Zn][Cl]. The predicted molar refractivity (Wildman–Crippen MR) is 78.4 cm³/mol. The van der Waals surface area contributed by atoms with Crippen LogP contribution in [-0.4, -0.2) is 13.1 Å². The van der Waals surface area contributed by atoms with Crippen molar-refractivity contribution in [3.8, 4) is 0 Å². The Morgan fingerprint density at radius 3 is 2.11 bits per heavy atom. The van der Waals surface area contributed by atoms with Crippen LogP contribution >= 0.6 is 31.8 Å². The molecule has 0 aliphatic rings. The van der Waals surface area contributed by atoms with Crippen molar-refractivity contribution in [2.75, 3.05) is 18.0 Å². The van der Waals surface area contributed by atoms with E-state index in [1.807, 2.05) is 25.1 Å². The zero-order valence-electron chi connectivity index (χ0n) is 10.9. The van der Waals surface area contributed by atoms with Gasteiger partial charge in [0, 0.05) is 30.4 Å².